The van der Waals surface area contributed by atoms with Crippen molar-refractivity contribution in [3.05, 3.63) is 64.6 Å². The summed E-state index contributed by atoms with van der Waals surface area (Å²) in [7, 11) is 2.77. The van der Waals surface area contributed by atoms with Gasteiger partial charge in [0.05, 0.1) is 18.4 Å². The number of aryl methyl sites for hydroxylation is 1. The van der Waals surface area contributed by atoms with Crippen molar-refractivity contribution in [2.45, 2.75) is 33.1 Å². The SMILES string of the molecule is CCc1cn2c(Cc3ccccc3)c(CC)c(C(=O)C=O)c2c(OCC(=O)OC)n1.CN. The molecule has 0 spiro atoms. The Bertz CT molecular complexity index is 1090. The van der Waals surface area contributed by atoms with E-state index in [1.807, 2.05) is 54.8 Å². The number of fused-ring (bicyclic) bond motifs is 1. The van der Waals surface area contributed by atoms with Crippen LogP contribution in [0.3, 0.4) is 0 Å². The smallest absolute Gasteiger partial charge is 0.343 e. The van der Waals surface area contributed by atoms with Crippen LogP contribution in [-0.2, 0) is 33.6 Å². The van der Waals surface area contributed by atoms with Gasteiger partial charge in [-0.1, -0.05) is 44.2 Å². The molecule has 0 fully saturated rings. The van der Waals surface area contributed by atoms with Gasteiger partial charge in [-0.2, -0.15) is 0 Å². The number of esters is 1. The minimum atomic E-state index is -0.641. The zero-order chi connectivity index (χ0) is 23.7. The maximum atomic E-state index is 12.6. The van der Waals surface area contributed by atoms with Gasteiger partial charge in [-0.15, -0.1) is 0 Å². The van der Waals surface area contributed by atoms with Crippen LogP contribution >= 0.6 is 0 Å². The van der Waals surface area contributed by atoms with Gasteiger partial charge in [0.2, 0.25) is 11.7 Å². The van der Waals surface area contributed by atoms with Crippen LogP contribution in [0.5, 0.6) is 5.88 Å². The lowest BCUT2D eigenvalue weighted by Gasteiger charge is -2.11. The van der Waals surface area contributed by atoms with Crippen molar-refractivity contribution in [1.82, 2.24) is 9.38 Å². The van der Waals surface area contributed by atoms with Crippen molar-refractivity contribution in [3.63, 3.8) is 0 Å². The predicted octanol–water partition coefficient (Wildman–Crippen LogP) is 2.56. The third-order valence-corrected chi connectivity index (χ3v) is 4.98. The molecular weight excluding hydrogens is 410 g/mol. The van der Waals surface area contributed by atoms with E-state index in [2.05, 4.69) is 15.5 Å². The summed E-state index contributed by atoms with van der Waals surface area (Å²) >= 11 is 0. The Kier molecular flexibility index (Phi) is 9.09. The molecule has 0 aliphatic heterocycles. The van der Waals surface area contributed by atoms with Gasteiger partial charge in [0.1, 0.15) is 5.52 Å². The van der Waals surface area contributed by atoms with Gasteiger partial charge in [-0.05, 0) is 31.0 Å². The van der Waals surface area contributed by atoms with Gasteiger partial charge in [-0.25, -0.2) is 9.78 Å². The molecule has 0 unspecified atom stereocenters. The lowest BCUT2D eigenvalue weighted by molar-refractivity contribution is -0.143. The van der Waals surface area contributed by atoms with Crippen LogP contribution in [-0.4, -0.2) is 48.2 Å². The molecular formula is C24H29N3O5. The molecule has 2 heterocycles. The van der Waals surface area contributed by atoms with E-state index in [0.29, 0.717) is 31.1 Å². The quantitative estimate of drug-likeness (QED) is 0.236. The maximum absolute atomic E-state index is 12.6. The number of hydrogen-bond acceptors (Lipinski definition) is 7. The molecule has 3 rings (SSSR count). The number of aromatic nitrogens is 2. The van der Waals surface area contributed by atoms with Crippen molar-refractivity contribution in [1.29, 1.82) is 0 Å². The Morgan fingerprint density at radius 2 is 1.81 bits per heavy atom. The fraction of sp³-hybridized carbons (Fsp3) is 0.333. The molecule has 8 heteroatoms. The molecule has 0 amide bonds. The third-order valence-electron chi connectivity index (χ3n) is 4.98. The minimum absolute atomic E-state index is 0.138. The number of Topliss-reactive ketones (excluding diaryl/α,β-unsaturated/α-hetero) is 1. The molecule has 0 aliphatic rings. The van der Waals surface area contributed by atoms with E-state index in [9.17, 15) is 14.4 Å². The largest absolute Gasteiger partial charge is 0.466 e. The summed E-state index contributed by atoms with van der Waals surface area (Å²) in [6.07, 6.45) is 3.92. The number of ether oxygens (including phenoxy) is 2. The van der Waals surface area contributed by atoms with Crippen LogP contribution < -0.4 is 10.5 Å². The number of nitrogens with zero attached hydrogens (tertiary/aromatic N) is 2. The summed E-state index contributed by atoms with van der Waals surface area (Å²) in [5.74, 6) is -1.07. The number of carbonyl (C=O) groups excluding carboxylic acids is 3. The van der Waals surface area contributed by atoms with E-state index < -0.39 is 11.8 Å². The molecule has 170 valence electrons. The highest BCUT2D eigenvalue weighted by atomic mass is 16.6. The number of rotatable bonds is 9. The number of aldehydes is 1. The van der Waals surface area contributed by atoms with Crippen LogP contribution in [0.2, 0.25) is 0 Å². The Hall–Kier alpha value is -3.52. The molecule has 8 nitrogen and oxygen atoms in total. The number of nitrogens with two attached hydrogens (primary N) is 1. The highest BCUT2D eigenvalue weighted by molar-refractivity contribution is 6.36. The first-order valence-electron chi connectivity index (χ1n) is 10.4. The van der Waals surface area contributed by atoms with Crippen molar-refractivity contribution >= 4 is 23.6 Å². The van der Waals surface area contributed by atoms with Crippen LogP contribution in [0.1, 0.15) is 46.7 Å². The minimum Gasteiger partial charge on any atom is -0.466 e. The van der Waals surface area contributed by atoms with Crippen molar-refractivity contribution < 1.29 is 23.9 Å². The summed E-state index contributed by atoms with van der Waals surface area (Å²) in [6.45, 7) is 3.55. The first kappa shape index (κ1) is 24.7. The van der Waals surface area contributed by atoms with E-state index in [-0.39, 0.29) is 18.1 Å². The van der Waals surface area contributed by atoms with E-state index in [1.54, 1.807) is 0 Å². The topological polar surface area (TPSA) is 113 Å². The summed E-state index contributed by atoms with van der Waals surface area (Å²) in [4.78, 5) is 40.1. The van der Waals surface area contributed by atoms with Gasteiger partial charge in [-0.3, -0.25) is 9.59 Å². The first-order chi connectivity index (χ1) is 15.5. The average molecular weight is 440 g/mol. The molecule has 2 N–H and O–H groups in total. The Balaban J connectivity index is 0.00000176. The standard InChI is InChI=1S/C23H24N2O5.CH5N/c1-4-16-12-25-18(11-15-9-7-6-8-10-15)17(5-2)21(19(27)13-26)22(25)23(24-16)30-14-20(28)29-3;1-2/h6-10,12-13H,4-5,11,14H2,1-3H3;2H2,1H3. The Labute approximate surface area is 187 Å². The second-order valence-corrected chi connectivity index (χ2v) is 6.77. The number of methoxy groups -OCH3 is 1. The molecule has 1 aromatic carbocycles. The molecule has 0 aliphatic carbocycles. The van der Waals surface area contributed by atoms with E-state index >= 15 is 0 Å². The van der Waals surface area contributed by atoms with Crippen molar-refractivity contribution in [3.8, 4) is 5.88 Å². The molecule has 0 atom stereocenters. The molecule has 2 aromatic heterocycles. The van der Waals surface area contributed by atoms with Crippen LogP contribution in [0.25, 0.3) is 5.52 Å². The lowest BCUT2D eigenvalue weighted by atomic mass is 10.00. The van der Waals surface area contributed by atoms with Crippen molar-refractivity contribution in [2.24, 2.45) is 5.73 Å². The Morgan fingerprint density at radius 3 is 2.38 bits per heavy atom. The number of carbonyl (C=O) groups is 3. The van der Waals surface area contributed by atoms with Crippen LogP contribution in [0, 0.1) is 0 Å². The summed E-state index contributed by atoms with van der Waals surface area (Å²) < 4.78 is 12.2. The van der Waals surface area contributed by atoms with Gasteiger partial charge < -0.3 is 19.6 Å². The van der Waals surface area contributed by atoms with Crippen LogP contribution in [0.4, 0.5) is 0 Å². The first-order valence-corrected chi connectivity index (χ1v) is 10.4. The van der Waals surface area contributed by atoms with E-state index in [4.69, 9.17) is 4.74 Å². The van der Waals surface area contributed by atoms with Gasteiger partial charge >= 0.3 is 5.97 Å². The monoisotopic (exact) mass is 439 g/mol. The second kappa shape index (κ2) is 11.8. The normalized spacial score (nSPS) is 10.3. The third kappa shape index (κ3) is 5.20. The second-order valence-electron chi connectivity index (χ2n) is 6.77. The lowest BCUT2D eigenvalue weighted by Crippen LogP contribution is -2.15. The Morgan fingerprint density at radius 1 is 1.12 bits per heavy atom. The molecule has 0 saturated heterocycles. The fourth-order valence-electron chi connectivity index (χ4n) is 3.55. The predicted molar refractivity (Wildman–Crippen MR) is 121 cm³/mol. The average Bonchev–Trinajstić information content (AvgIpc) is 3.16. The molecule has 0 radical (unpaired) electrons. The highest BCUT2D eigenvalue weighted by Gasteiger charge is 2.26. The fourth-order valence-corrected chi connectivity index (χ4v) is 3.55. The molecule has 32 heavy (non-hydrogen) atoms. The summed E-state index contributed by atoms with van der Waals surface area (Å²) in [5.41, 5.74) is 8.64. The van der Waals surface area contributed by atoms with Gasteiger partial charge in [0.25, 0.3) is 0 Å². The number of hydrogen-bond donors (Lipinski definition) is 1. The highest BCUT2D eigenvalue weighted by Crippen LogP contribution is 2.32. The summed E-state index contributed by atoms with van der Waals surface area (Å²) in [6, 6.07) is 9.88. The number of ketones is 1. The van der Waals surface area contributed by atoms with Crippen LogP contribution in [0.15, 0.2) is 36.5 Å². The number of benzene rings is 1. The molecule has 0 saturated carbocycles. The maximum Gasteiger partial charge on any atom is 0.343 e. The zero-order valence-corrected chi connectivity index (χ0v) is 18.9. The van der Waals surface area contributed by atoms with Crippen molar-refractivity contribution in [2.75, 3.05) is 20.8 Å². The zero-order valence-electron chi connectivity index (χ0n) is 18.9. The van der Waals surface area contributed by atoms with E-state index in [0.717, 1.165) is 22.5 Å². The van der Waals surface area contributed by atoms with Gasteiger partial charge in [0.15, 0.2) is 12.9 Å². The van der Waals surface area contributed by atoms with Gasteiger partial charge in [0, 0.05) is 18.3 Å². The molecule has 0 bridgehead atoms. The van der Waals surface area contributed by atoms with E-state index in [1.165, 1.54) is 14.2 Å². The summed E-state index contributed by atoms with van der Waals surface area (Å²) in [5, 5.41) is 0. The molecule has 3 aromatic rings.